The molecule has 0 spiro atoms. The Morgan fingerprint density at radius 3 is 2.72 bits per heavy atom. The molecule has 2 aromatic carbocycles. The molecule has 0 saturated carbocycles. The number of carbonyl (C=O) groups is 2. The summed E-state index contributed by atoms with van der Waals surface area (Å²) in [5.74, 6) is -0.300. The summed E-state index contributed by atoms with van der Waals surface area (Å²) in [6.07, 6.45) is 2.91. The Balaban J connectivity index is 1.37. The number of aryl methyl sites for hydroxylation is 2. The lowest BCUT2D eigenvalue weighted by Crippen LogP contribution is -2.34. The summed E-state index contributed by atoms with van der Waals surface area (Å²) in [6.45, 7) is 1.29. The molecule has 3 aromatic rings. The van der Waals surface area contributed by atoms with Gasteiger partial charge in [0.15, 0.2) is 12.3 Å². The van der Waals surface area contributed by atoms with Crippen LogP contribution in [0.5, 0.6) is 0 Å². The van der Waals surface area contributed by atoms with E-state index in [1.807, 2.05) is 48.5 Å². The van der Waals surface area contributed by atoms with Crippen LogP contribution in [0, 0.1) is 6.92 Å². The lowest BCUT2D eigenvalue weighted by molar-refractivity contribution is -0.125. The van der Waals surface area contributed by atoms with Gasteiger partial charge in [0.05, 0.1) is 6.04 Å². The van der Waals surface area contributed by atoms with Crippen LogP contribution in [-0.2, 0) is 16.0 Å². The molecule has 29 heavy (non-hydrogen) atoms. The van der Waals surface area contributed by atoms with Gasteiger partial charge in [0, 0.05) is 5.56 Å². The highest BCUT2D eigenvalue weighted by molar-refractivity contribution is 5.91. The van der Waals surface area contributed by atoms with E-state index in [1.165, 1.54) is 5.56 Å². The Labute approximate surface area is 168 Å². The first-order valence-electron chi connectivity index (χ1n) is 9.69. The molecule has 1 aliphatic carbocycles. The molecule has 1 atom stereocenters. The van der Waals surface area contributed by atoms with Crippen LogP contribution < -0.4 is 5.32 Å². The lowest BCUT2D eigenvalue weighted by Gasteiger charge is -2.26. The van der Waals surface area contributed by atoms with Gasteiger partial charge < -0.3 is 14.5 Å². The smallest absolute Gasteiger partial charge is 0.361 e. The summed E-state index contributed by atoms with van der Waals surface area (Å²) < 4.78 is 10.8. The molecule has 6 heteroatoms. The topological polar surface area (TPSA) is 81.4 Å². The zero-order valence-corrected chi connectivity index (χ0v) is 16.2. The predicted octanol–water partition coefficient (Wildman–Crippen LogP) is 4.00. The van der Waals surface area contributed by atoms with Gasteiger partial charge in [-0.05, 0) is 49.4 Å². The molecule has 6 nitrogen and oxygen atoms in total. The summed E-state index contributed by atoms with van der Waals surface area (Å²) >= 11 is 0. The minimum Gasteiger partial charge on any atom is -0.451 e. The predicted molar refractivity (Wildman–Crippen MR) is 107 cm³/mol. The van der Waals surface area contributed by atoms with Gasteiger partial charge in [-0.15, -0.1) is 0 Å². The first kappa shape index (κ1) is 18.9. The first-order valence-corrected chi connectivity index (χ1v) is 9.69. The van der Waals surface area contributed by atoms with Crippen LogP contribution in [0.25, 0.3) is 11.5 Å². The van der Waals surface area contributed by atoms with Crippen LogP contribution in [0.1, 0.15) is 46.3 Å². The molecular formula is C23H22N2O4. The highest BCUT2D eigenvalue weighted by Crippen LogP contribution is 2.29. The number of fused-ring (bicyclic) bond motifs is 1. The first-order chi connectivity index (χ1) is 14.1. The molecule has 1 heterocycles. The number of oxazole rings is 1. The molecule has 0 radical (unpaired) electrons. The van der Waals surface area contributed by atoms with Crippen LogP contribution in [0.2, 0.25) is 0 Å². The van der Waals surface area contributed by atoms with Crippen molar-refractivity contribution in [2.75, 3.05) is 6.61 Å². The fourth-order valence-electron chi connectivity index (χ4n) is 3.63. The summed E-state index contributed by atoms with van der Waals surface area (Å²) in [7, 11) is 0. The van der Waals surface area contributed by atoms with Gasteiger partial charge in [-0.25, -0.2) is 9.78 Å². The molecule has 1 aliphatic rings. The summed E-state index contributed by atoms with van der Waals surface area (Å²) in [5, 5.41) is 2.97. The standard InChI is InChI=1S/C23H22N2O4/c1-15-21(25-22(29-15)17-9-3-2-4-10-17)23(27)28-14-20(26)24-19-13-7-11-16-8-5-6-12-18(16)19/h2-6,8-10,12,19H,7,11,13-14H2,1H3,(H,24,26)/t19-/m1/s1. The molecule has 0 saturated heterocycles. The maximum atomic E-state index is 12.4. The Bertz CT molecular complexity index is 1030. The van der Waals surface area contributed by atoms with Crippen LogP contribution in [0.3, 0.4) is 0 Å². The van der Waals surface area contributed by atoms with Gasteiger partial charge in [-0.3, -0.25) is 4.79 Å². The van der Waals surface area contributed by atoms with Crippen molar-refractivity contribution in [2.45, 2.75) is 32.2 Å². The van der Waals surface area contributed by atoms with E-state index in [2.05, 4.69) is 16.4 Å². The second-order valence-corrected chi connectivity index (χ2v) is 7.08. The van der Waals surface area contributed by atoms with Gasteiger partial charge in [0.2, 0.25) is 5.89 Å². The fraction of sp³-hybridized carbons (Fsp3) is 0.261. The van der Waals surface area contributed by atoms with E-state index >= 15 is 0 Å². The molecule has 1 aromatic heterocycles. The lowest BCUT2D eigenvalue weighted by atomic mass is 9.88. The number of nitrogens with zero attached hydrogens (tertiary/aromatic N) is 1. The third-order valence-electron chi connectivity index (χ3n) is 5.05. The number of nitrogens with one attached hydrogen (secondary N) is 1. The largest absolute Gasteiger partial charge is 0.451 e. The Morgan fingerprint density at radius 2 is 1.90 bits per heavy atom. The van der Waals surface area contributed by atoms with E-state index in [4.69, 9.17) is 9.15 Å². The van der Waals surface area contributed by atoms with Crippen LogP contribution >= 0.6 is 0 Å². The van der Waals surface area contributed by atoms with Crippen molar-refractivity contribution in [1.82, 2.24) is 10.3 Å². The van der Waals surface area contributed by atoms with Crippen molar-refractivity contribution in [2.24, 2.45) is 0 Å². The van der Waals surface area contributed by atoms with E-state index in [0.29, 0.717) is 11.7 Å². The van der Waals surface area contributed by atoms with Gasteiger partial charge in [0.1, 0.15) is 5.76 Å². The van der Waals surface area contributed by atoms with Gasteiger partial charge in [-0.2, -0.15) is 0 Å². The molecule has 0 unspecified atom stereocenters. The van der Waals surface area contributed by atoms with Crippen molar-refractivity contribution in [3.05, 3.63) is 77.2 Å². The molecule has 4 rings (SSSR count). The molecule has 148 valence electrons. The molecule has 0 aliphatic heterocycles. The number of carbonyl (C=O) groups excluding carboxylic acids is 2. The number of rotatable bonds is 5. The molecule has 0 fully saturated rings. The zero-order chi connectivity index (χ0) is 20.2. The number of amides is 1. The summed E-state index contributed by atoms with van der Waals surface area (Å²) in [6, 6.07) is 17.4. The van der Waals surface area contributed by atoms with E-state index in [9.17, 15) is 9.59 Å². The van der Waals surface area contributed by atoms with Gasteiger partial charge in [0.25, 0.3) is 5.91 Å². The van der Waals surface area contributed by atoms with Gasteiger partial charge in [-0.1, -0.05) is 42.5 Å². The van der Waals surface area contributed by atoms with Crippen LogP contribution in [0.4, 0.5) is 0 Å². The molecular weight excluding hydrogens is 368 g/mol. The van der Waals surface area contributed by atoms with Crippen molar-refractivity contribution in [3.8, 4) is 11.5 Å². The highest BCUT2D eigenvalue weighted by Gasteiger charge is 2.23. The number of hydrogen-bond donors (Lipinski definition) is 1. The Morgan fingerprint density at radius 1 is 1.14 bits per heavy atom. The van der Waals surface area contributed by atoms with Gasteiger partial charge >= 0.3 is 5.97 Å². The monoisotopic (exact) mass is 390 g/mol. The molecule has 1 amide bonds. The van der Waals surface area contributed by atoms with E-state index < -0.39 is 5.97 Å². The molecule has 1 N–H and O–H groups in total. The van der Waals surface area contributed by atoms with E-state index in [1.54, 1.807) is 6.92 Å². The maximum absolute atomic E-state index is 12.4. The average molecular weight is 390 g/mol. The SMILES string of the molecule is Cc1oc(-c2ccccc2)nc1C(=O)OCC(=O)N[C@@H]1CCCc2ccccc21. The average Bonchev–Trinajstić information content (AvgIpc) is 3.15. The van der Waals surface area contributed by atoms with E-state index in [0.717, 1.165) is 30.4 Å². The Hall–Kier alpha value is -3.41. The van der Waals surface area contributed by atoms with Crippen LogP contribution in [-0.4, -0.2) is 23.5 Å². The number of aromatic nitrogens is 1. The number of ether oxygens (including phenoxy) is 1. The maximum Gasteiger partial charge on any atom is 0.361 e. The summed E-state index contributed by atoms with van der Waals surface area (Å²) in [4.78, 5) is 28.9. The number of esters is 1. The third-order valence-corrected chi connectivity index (χ3v) is 5.05. The fourth-order valence-corrected chi connectivity index (χ4v) is 3.63. The Kier molecular flexibility index (Phi) is 5.42. The number of hydrogen-bond acceptors (Lipinski definition) is 5. The quantitative estimate of drug-likeness (QED) is 0.666. The number of benzene rings is 2. The summed E-state index contributed by atoms with van der Waals surface area (Å²) in [5.41, 5.74) is 3.24. The van der Waals surface area contributed by atoms with Crippen molar-refractivity contribution >= 4 is 11.9 Å². The molecule has 0 bridgehead atoms. The third kappa shape index (κ3) is 4.21. The minimum absolute atomic E-state index is 0.0513. The highest BCUT2D eigenvalue weighted by atomic mass is 16.5. The normalized spacial score (nSPS) is 15.4. The van der Waals surface area contributed by atoms with Crippen molar-refractivity contribution in [1.29, 1.82) is 0 Å². The van der Waals surface area contributed by atoms with Crippen molar-refractivity contribution < 1.29 is 18.7 Å². The van der Waals surface area contributed by atoms with Crippen LogP contribution in [0.15, 0.2) is 59.0 Å². The zero-order valence-electron chi connectivity index (χ0n) is 16.2. The second kappa shape index (κ2) is 8.31. The van der Waals surface area contributed by atoms with E-state index in [-0.39, 0.29) is 24.2 Å². The second-order valence-electron chi connectivity index (χ2n) is 7.08. The minimum atomic E-state index is -0.673. The van der Waals surface area contributed by atoms with Crippen molar-refractivity contribution in [3.63, 3.8) is 0 Å².